The normalized spacial score (nSPS) is 15.0. The fourth-order valence-electron chi connectivity index (χ4n) is 3.25. The fraction of sp³-hybridized carbons (Fsp3) is 0.0833. The van der Waals surface area contributed by atoms with Crippen molar-refractivity contribution in [1.29, 1.82) is 0 Å². The highest BCUT2D eigenvalue weighted by Gasteiger charge is 2.32. The largest absolute Gasteiger partial charge is 0.496 e. The van der Waals surface area contributed by atoms with Crippen LogP contribution in [0.3, 0.4) is 0 Å². The molecular weight excluding hydrogens is 367 g/mol. The molecule has 0 spiro atoms. The lowest BCUT2D eigenvalue weighted by atomic mass is 10.1. The Morgan fingerprint density at radius 2 is 1.76 bits per heavy atom. The molecule has 3 aromatic rings. The molecule has 0 radical (unpaired) electrons. The highest BCUT2D eigenvalue weighted by molar-refractivity contribution is 6.33. The second-order valence-electron chi connectivity index (χ2n) is 6.69. The number of amides is 1. The van der Waals surface area contributed by atoms with Gasteiger partial charge in [-0.05, 0) is 61.0 Å². The molecule has 29 heavy (non-hydrogen) atoms. The molecule has 0 atom stereocenters. The number of benzene rings is 3. The van der Waals surface area contributed by atoms with Crippen LogP contribution in [-0.2, 0) is 4.79 Å². The number of ether oxygens (including phenoxy) is 1. The molecule has 1 aliphatic rings. The molecule has 0 saturated heterocycles. The Morgan fingerprint density at radius 3 is 2.48 bits per heavy atom. The summed E-state index contributed by atoms with van der Waals surface area (Å²) < 4.78 is 18.8. The summed E-state index contributed by atoms with van der Waals surface area (Å²) in [6.07, 6.45) is 1.71. The Kier molecular flexibility index (Phi) is 4.96. The van der Waals surface area contributed by atoms with E-state index in [0.29, 0.717) is 22.8 Å². The lowest BCUT2D eigenvalue weighted by Crippen LogP contribution is -2.32. The van der Waals surface area contributed by atoms with Crippen LogP contribution < -0.4 is 9.64 Å². The molecule has 0 aromatic heterocycles. The minimum absolute atomic E-state index is 0.249. The van der Waals surface area contributed by atoms with Crippen molar-refractivity contribution in [1.82, 2.24) is 0 Å². The number of carbonyl (C=O) groups excluding carboxylic acids is 1. The van der Waals surface area contributed by atoms with Gasteiger partial charge in [0, 0.05) is 11.1 Å². The van der Waals surface area contributed by atoms with E-state index in [1.165, 1.54) is 12.1 Å². The third-order valence-corrected chi connectivity index (χ3v) is 4.65. The van der Waals surface area contributed by atoms with E-state index in [1.807, 2.05) is 55.5 Å². The molecule has 1 amide bonds. The summed E-state index contributed by atoms with van der Waals surface area (Å²) >= 11 is 0. The van der Waals surface area contributed by atoms with Crippen LogP contribution in [0.1, 0.15) is 16.7 Å². The molecule has 0 N–H and O–H groups in total. The number of nitrogens with zero attached hydrogens (tertiary/aromatic N) is 2. The first kappa shape index (κ1) is 18.6. The lowest BCUT2D eigenvalue weighted by molar-refractivity contribution is -0.113. The van der Waals surface area contributed by atoms with Gasteiger partial charge in [0.25, 0.3) is 5.91 Å². The van der Waals surface area contributed by atoms with Gasteiger partial charge in [-0.25, -0.2) is 9.38 Å². The maximum Gasteiger partial charge on any atom is 0.282 e. The van der Waals surface area contributed by atoms with E-state index in [9.17, 15) is 9.18 Å². The third kappa shape index (κ3) is 3.67. The summed E-state index contributed by atoms with van der Waals surface area (Å²) in [6.45, 7) is 1.96. The van der Waals surface area contributed by atoms with Crippen molar-refractivity contribution in [3.8, 4) is 5.75 Å². The van der Waals surface area contributed by atoms with Gasteiger partial charge in [-0.3, -0.25) is 9.69 Å². The standard InChI is InChI=1S/C24H19FN2O2/c1-16-6-5-8-20(14-16)27-23(17-10-12-19(25)13-11-17)26-21(24(27)28)15-18-7-3-4-9-22(18)29-2/h3-15H,1-2H3/b21-15+. The van der Waals surface area contributed by atoms with E-state index >= 15 is 0 Å². The Morgan fingerprint density at radius 1 is 1.00 bits per heavy atom. The van der Waals surface area contributed by atoms with Crippen LogP contribution in [0.2, 0.25) is 0 Å². The molecular formula is C24H19FN2O2. The van der Waals surface area contributed by atoms with Gasteiger partial charge >= 0.3 is 0 Å². The van der Waals surface area contributed by atoms with E-state index in [-0.39, 0.29) is 17.4 Å². The smallest absolute Gasteiger partial charge is 0.282 e. The molecule has 4 rings (SSSR count). The zero-order chi connectivity index (χ0) is 20.4. The number of para-hydroxylation sites is 1. The van der Waals surface area contributed by atoms with Crippen LogP contribution in [0.15, 0.2) is 83.5 Å². The summed E-state index contributed by atoms with van der Waals surface area (Å²) in [7, 11) is 1.58. The van der Waals surface area contributed by atoms with Crippen LogP contribution in [0.25, 0.3) is 6.08 Å². The Hall–Kier alpha value is -3.73. The summed E-state index contributed by atoms with van der Waals surface area (Å²) in [5.74, 6) is 0.522. The number of anilines is 1. The molecule has 0 unspecified atom stereocenters. The van der Waals surface area contributed by atoms with Crippen molar-refractivity contribution in [2.45, 2.75) is 6.92 Å². The van der Waals surface area contributed by atoms with Crippen LogP contribution in [0.5, 0.6) is 5.75 Å². The van der Waals surface area contributed by atoms with Crippen LogP contribution in [0, 0.1) is 12.7 Å². The van der Waals surface area contributed by atoms with E-state index in [1.54, 1.807) is 30.2 Å². The highest BCUT2D eigenvalue weighted by Crippen LogP contribution is 2.30. The Balaban J connectivity index is 1.85. The lowest BCUT2D eigenvalue weighted by Gasteiger charge is -2.19. The minimum Gasteiger partial charge on any atom is -0.496 e. The molecule has 3 aromatic carbocycles. The Labute approximate surface area is 168 Å². The summed E-state index contributed by atoms with van der Waals surface area (Å²) in [5, 5.41) is 0. The molecule has 0 fully saturated rings. The number of hydrogen-bond donors (Lipinski definition) is 0. The maximum atomic E-state index is 13.4. The number of aryl methyl sites for hydroxylation is 1. The molecule has 144 valence electrons. The number of aliphatic imine (C=N–C) groups is 1. The zero-order valence-corrected chi connectivity index (χ0v) is 16.1. The van der Waals surface area contributed by atoms with Crippen LogP contribution in [-0.4, -0.2) is 18.9 Å². The number of carbonyl (C=O) groups is 1. The SMILES string of the molecule is COc1ccccc1/C=C1/N=C(c2ccc(F)cc2)N(c2cccc(C)c2)C1=O. The second-order valence-corrected chi connectivity index (χ2v) is 6.69. The van der Waals surface area contributed by atoms with Crippen molar-refractivity contribution < 1.29 is 13.9 Å². The van der Waals surface area contributed by atoms with Gasteiger partial charge in [0.05, 0.1) is 12.8 Å². The van der Waals surface area contributed by atoms with E-state index < -0.39 is 0 Å². The average molecular weight is 386 g/mol. The number of amidine groups is 1. The van der Waals surface area contributed by atoms with Crippen molar-refractivity contribution in [2.24, 2.45) is 4.99 Å². The van der Waals surface area contributed by atoms with Crippen LogP contribution >= 0.6 is 0 Å². The van der Waals surface area contributed by atoms with Crippen LogP contribution in [0.4, 0.5) is 10.1 Å². The number of hydrogen-bond acceptors (Lipinski definition) is 3. The molecule has 0 saturated carbocycles. The fourth-order valence-corrected chi connectivity index (χ4v) is 3.25. The topological polar surface area (TPSA) is 41.9 Å². The molecule has 4 nitrogen and oxygen atoms in total. The van der Waals surface area contributed by atoms with Crippen molar-refractivity contribution in [3.05, 3.63) is 101 Å². The molecule has 5 heteroatoms. The first-order valence-corrected chi connectivity index (χ1v) is 9.17. The van der Waals surface area contributed by atoms with Gasteiger partial charge in [-0.2, -0.15) is 0 Å². The van der Waals surface area contributed by atoms with Gasteiger partial charge in [0.1, 0.15) is 23.1 Å². The van der Waals surface area contributed by atoms with E-state index in [4.69, 9.17) is 4.74 Å². The molecule has 0 bridgehead atoms. The zero-order valence-electron chi connectivity index (χ0n) is 16.1. The third-order valence-electron chi connectivity index (χ3n) is 4.65. The number of rotatable bonds is 4. The van der Waals surface area contributed by atoms with Crippen molar-refractivity contribution in [2.75, 3.05) is 12.0 Å². The molecule has 0 aliphatic carbocycles. The van der Waals surface area contributed by atoms with E-state index in [2.05, 4.69) is 4.99 Å². The van der Waals surface area contributed by atoms with Gasteiger partial charge in [0.2, 0.25) is 0 Å². The molecule has 1 aliphatic heterocycles. The van der Waals surface area contributed by atoms with Gasteiger partial charge < -0.3 is 4.74 Å². The van der Waals surface area contributed by atoms with Gasteiger partial charge in [-0.1, -0.05) is 30.3 Å². The highest BCUT2D eigenvalue weighted by atomic mass is 19.1. The first-order valence-electron chi connectivity index (χ1n) is 9.17. The number of methoxy groups -OCH3 is 1. The Bertz CT molecular complexity index is 1130. The number of halogens is 1. The van der Waals surface area contributed by atoms with Gasteiger partial charge in [-0.15, -0.1) is 0 Å². The second kappa shape index (κ2) is 7.72. The van der Waals surface area contributed by atoms with Gasteiger partial charge in [0.15, 0.2) is 0 Å². The monoisotopic (exact) mass is 386 g/mol. The predicted molar refractivity (Wildman–Crippen MR) is 113 cm³/mol. The first-order chi connectivity index (χ1) is 14.1. The van der Waals surface area contributed by atoms with E-state index in [0.717, 1.165) is 11.1 Å². The predicted octanol–water partition coefficient (Wildman–Crippen LogP) is 4.98. The van der Waals surface area contributed by atoms with Crippen molar-refractivity contribution >= 4 is 23.5 Å². The maximum absolute atomic E-state index is 13.4. The molecule has 1 heterocycles. The van der Waals surface area contributed by atoms with Crippen molar-refractivity contribution in [3.63, 3.8) is 0 Å². The summed E-state index contributed by atoms with van der Waals surface area (Å²) in [5.41, 5.74) is 3.43. The summed E-state index contributed by atoms with van der Waals surface area (Å²) in [4.78, 5) is 19.5. The quantitative estimate of drug-likeness (QED) is 0.594. The average Bonchev–Trinajstić information content (AvgIpc) is 3.05. The summed E-state index contributed by atoms with van der Waals surface area (Å²) in [6, 6.07) is 21.0. The minimum atomic E-state index is -0.342.